The lowest BCUT2D eigenvalue weighted by Gasteiger charge is -2.54. The van der Waals surface area contributed by atoms with Gasteiger partial charge in [-0.3, -0.25) is 9.78 Å². The highest BCUT2D eigenvalue weighted by molar-refractivity contribution is 6.00. The number of fused-ring (bicyclic) bond motifs is 4. The molecule has 12 heteroatoms. The van der Waals surface area contributed by atoms with Crippen LogP contribution < -0.4 is 16.0 Å². The van der Waals surface area contributed by atoms with Crippen LogP contribution in [0.15, 0.2) is 36.7 Å². The maximum atomic E-state index is 14.5. The van der Waals surface area contributed by atoms with Crippen LogP contribution in [0.3, 0.4) is 0 Å². The third kappa shape index (κ3) is 5.74. The Balaban J connectivity index is 1.45. The molecular weight excluding hydrogens is 539 g/mol. The highest BCUT2D eigenvalue weighted by Crippen LogP contribution is 2.49. The summed E-state index contributed by atoms with van der Waals surface area (Å²) in [4.78, 5) is 31.8. The van der Waals surface area contributed by atoms with Gasteiger partial charge in [0, 0.05) is 31.4 Å². The summed E-state index contributed by atoms with van der Waals surface area (Å²) in [5, 5.41) is 33.1. The quantitative estimate of drug-likeness (QED) is 0.320. The van der Waals surface area contributed by atoms with E-state index in [1.807, 2.05) is 12.1 Å². The highest BCUT2D eigenvalue weighted by atomic mass is 19.1. The van der Waals surface area contributed by atoms with Crippen LogP contribution in [0.2, 0.25) is 0 Å². The monoisotopic (exact) mass is 576 g/mol. The van der Waals surface area contributed by atoms with E-state index in [-0.39, 0.29) is 29.2 Å². The predicted octanol–water partition coefficient (Wildman–Crippen LogP) is 3.64. The third-order valence-electron chi connectivity index (χ3n) is 8.67. The number of nitriles is 1. The topological polar surface area (TPSA) is 148 Å². The molecule has 2 bridgehead atoms. The molecule has 1 unspecified atom stereocenters. The van der Waals surface area contributed by atoms with Crippen LogP contribution in [0.4, 0.5) is 14.9 Å². The molecular formula is C30H37FN8O3. The molecule has 3 aliphatic carbocycles. The summed E-state index contributed by atoms with van der Waals surface area (Å²) in [5.41, 5.74) is 1.15. The van der Waals surface area contributed by atoms with Crippen molar-refractivity contribution >= 4 is 23.1 Å². The average Bonchev–Trinajstić information content (AvgIpc) is 3.39. The van der Waals surface area contributed by atoms with E-state index in [1.54, 1.807) is 35.6 Å². The van der Waals surface area contributed by atoms with Crippen LogP contribution in [0.25, 0.3) is 16.9 Å². The standard InChI is InChI=1S/C30H37FN8O3/c1-28(2,42)25(31)18-34-26(40)21-17-33-23(24-6-5-20-13-19(15-32)16-35-39(20)24)14-22(21)36-29-7-10-30(11-8-29,12-9-29)37-27(41)38(3)4/h5-6,13-14,16-17,25,42H,7-12,18H2,1-4H3,(H,33,36)(H,34,40)(H,37,41). The van der Waals surface area contributed by atoms with Gasteiger partial charge in [-0.15, -0.1) is 0 Å². The van der Waals surface area contributed by atoms with E-state index in [0.717, 1.165) is 44.0 Å². The molecule has 11 nitrogen and oxygen atoms in total. The molecule has 0 radical (unpaired) electrons. The molecule has 3 aliphatic rings. The lowest BCUT2D eigenvalue weighted by atomic mass is 9.61. The van der Waals surface area contributed by atoms with E-state index in [1.165, 1.54) is 26.2 Å². The van der Waals surface area contributed by atoms with Gasteiger partial charge in [-0.25, -0.2) is 13.7 Å². The number of anilines is 1. The van der Waals surface area contributed by atoms with Crippen molar-refractivity contribution in [3.8, 4) is 17.5 Å². The average molecular weight is 577 g/mol. The normalized spacial score (nSPS) is 22.3. The highest BCUT2D eigenvalue weighted by Gasteiger charge is 2.49. The van der Waals surface area contributed by atoms with Crippen molar-refractivity contribution in [3.05, 3.63) is 47.8 Å². The van der Waals surface area contributed by atoms with Gasteiger partial charge in [0.1, 0.15) is 12.2 Å². The summed E-state index contributed by atoms with van der Waals surface area (Å²) in [5.74, 6) is -0.504. The van der Waals surface area contributed by atoms with E-state index in [2.05, 4.69) is 32.1 Å². The Hall–Kier alpha value is -4.24. The number of pyridine rings is 1. The van der Waals surface area contributed by atoms with Crippen molar-refractivity contribution in [1.82, 2.24) is 30.1 Å². The Kier molecular flexibility index (Phi) is 7.57. The number of carbonyl (C=O) groups is 2. The van der Waals surface area contributed by atoms with Crippen molar-refractivity contribution in [2.24, 2.45) is 0 Å². The zero-order chi connectivity index (χ0) is 30.3. The molecule has 0 saturated heterocycles. The SMILES string of the molecule is CN(C)C(=O)NC12CCC(Nc3cc(-c4ccc5cc(C#N)cnn45)ncc3C(=O)NCC(F)C(C)(C)O)(CC1)CC2. The summed E-state index contributed by atoms with van der Waals surface area (Å²) >= 11 is 0. The molecule has 4 N–H and O–H groups in total. The summed E-state index contributed by atoms with van der Waals surface area (Å²) in [6.45, 7) is 2.36. The summed E-state index contributed by atoms with van der Waals surface area (Å²) in [6, 6.07) is 9.23. The fraction of sp³-hybridized carbons (Fsp3) is 0.500. The molecule has 0 aromatic carbocycles. The molecule has 1 atom stereocenters. The Bertz CT molecular complexity index is 1530. The van der Waals surface area contributed by atoms with E-state index >= 15 is 0 Å². The minimum Gasteiger partial charge on any atom is -0.387 e. The maximum Gasteiger partial charge on any atom is 0.317 e. The van der Waals surface area contributed by atoms with Crippen LogP contribution >= 0.6 is 0 Å². The zero-order valence-corrected chi connectivity index (χ0v) is 24.4. The first kappa shape index (κ1) is 29.3. The second kappa shape index (κ2) is 10.9. The number of amides is 3. The molecule has 3 saturated carbocycles. The number of aromatic nitrogens is 3. The van der Waals surface area contributed by atoms with Crippen molar-refractivity contribution in [1.29, 1.82) is 5.26 Å². The molecule has 3 amide bonds. The number of rotatable bonds is 8. The van der Waals surface area contributed by atoms with E-state index in [4.69, 9.17) is 0 Å². The lowest BCUT2D eigenvalue weighted by Crippen LogP contribution is -2.62. The number of carbonyl (C=O) groups excluding carboxylic acids is 2. The Morgan fingerprint density at radius 1 is 1.14 bits per heavy atom. The van der Waals surface area contributed by atoms with Gasteiger partial charge in [0.2, 0.25) is 0 Å². The summed E-state index contributed by atoms with van der Waals surface area (Å²) in [7, 11) is 3.46. The van der Waals surface area contributed by atoms with Crippen LogP contribution in [0.1, 0.15) is 68.3 Å². The number of urea groups is 1. The molecule has 3 aromatic rings. The van der Waals surface area contributed by atoms with Crippen LogP contribution in [0, 0.1) is 11.3 Å². The number of hydrogen-bond acceptors (Lipinski definition) is 7. The van der Waals surface area contributed by atoms with Crippen LogP contribution in [-0.2, 0) is 0 Å². The largest absolute Gasteiger partial charge is 0.387 e. The molecule has 222 valence electrons. The second-order valence-electron chi connectivity index (χ2n) is 12.4. The van der Waals surface area contributed by atoms with Crippen LogP contribution in [-0.4, -0.2) is 80.0 Å². The van der Waals surface area contributed by atoms with Gasteiger partial charge in [0.15, 0.2) is 0 Å². The fourth-order valence-electron chi connectivity index (χ4n) is 5.85. The molecule has 0 aliphatic heterocycles. The fourth-order valence-corrected chi connectivity index (χ4v) is 5.85. The van der Waals surface area contributed by atoms with Gasteiger partial charge in [0.05, 0.1) is 52.1 Å². The molecule has 42 heavy (non-hydrogen) atoms. The molecule has 3 aromatic heterocycles. The van der Waals surface area contributed by atoms with Gasteiger partial charge < -0.3 is 26.0 Å². The van der Waals surface area contributed by atoms with E-state index < -0.39 is 17.7 Å². The van der Waals surface area contributed by atoms with Crippen LogP contribution in [0.5, 0.6) is 0 Å². The van der Waals surface area contributed by atoms with Gasteiger partial charge in [-0.05, 0) is 76.6 Å². The predicted molar refractivity (Wildman–Crippen MR) is 156 cm³/mol. The Morgan fingerprint density at radius 2 is 1.81 bits per heavy atom. The molecule has 3 heterocycles. The lowest BCUT2D eigenvalue weighted by molar-refractivity contribution is -0.00178. The zero-order valence-electron chi connectivity index (χ0n) is 24.4. The third-order valence-corrected chi connectivity index (χ3v) is 8.67. The number of nitrogens with zero attached hydrogens (tertiary/aromatic N) is 5. The summed E-state index contributed by atoms with van der Waals surface area (Å²) < 4.78 is 16.1. The van der Waals surface area contributed by atoms with Crippen molar-refractivity contribution in [2.45, 2.75) is 75.2 Å². The van der Waals surface area contributed by atoms with Crippen molar-refractivity contribution < 1.29 is 19.1 Å². The second-order valence-corrected chi connectivity index (χ2v) is 12.4. The first-order valence-electron chi connectivity index (χ1n) is 14.1. The minimum atomic E-state index is -1.65. The summed E-state index contributed by atoms with van der Waals surface area (Å²) in [6.07, 6.45) is 6.14. The Morgan fingerprint density at radius 3 is 2.43 bits per heavy atom. The van der Waals surface area contributed by atoms with Gasteiger partial charge in [-0.1, -0.05) is 0 Å². The number of halogens is 1. The first-order valence-corrected chi connectivity index (χ1v) is 14.1. The van der Waals surface area contributed by atoms with Gasteiger partial charge >= 0.3 is 6.03 Å². The number of nitrogens with one attached hydrogen (secondary N) is 3. The smallest absolute Gasteiger partial charge is 0.317 e. The maximum absolute atomic E-state index is 14.5. The molecule has 6 rings (SSSR count). The molecule has 0 spiro atoms. The van der Waals surface area contributed by atoms with E-state index in [9.17, 15) is 24.3 Å². The van der Waals surface area contributed by atoms with E-state index in [0.29, 0.717) is 22.6 Å². The number of hydrogen-bond donors (Lipinski definition) is 4. The minimum absolute atomic E-state index is 0.0951. The number of alkyl halides is 1. The van der Waals surface area contributed by atoms with Crippen molar-refractivity contribution in [3.63, 3.8) is 0 Å². The number of aliphatic hydroxyl groups is 1. The molecule has 3 fully saturated rings. The first-order chi connectivity index (χ1) is 19.8. The van der Waals surface area contributed by atoms with Gasteiger partial charge in [0.25, 0.3) is 5.91 Å². The van der Waals surface area contributed by atoms with Crippen molar-refractivity contribution in [2.75, 3.05) is 26.0 Å². The Labute approximate surface area is 244 Å². The van der Waals surface area contributed by atoms with Gasteiger partial charge in [-0.2, -0.15) is 10.4 Å².